The van der Waals surface area contributed by atoms with E-state index in [-0.39, 0.29) is 23.8 Å². The first-order valence-corrected chi connectivity index (χ1v) is 9.99. The van der Waals surface area contributed by atoms with Crippen LogP contribution in [0.1, 0.15) is 19.4 Å². The van der Waals surface area contributed by atoms with E-state index in [0.717, 1.165) is 5.56 Å². The van der Waals surface area contributed by atoms with E-state index in [1.807, 2.05) is 32.3 Å². The standard InChI is InChI=1S/C20H20FN7O2/c1-11-7-27-16-13(6-20(8-22-10-23-9-20)18(27)12(2)29-11)5-14-17(15(16)21)30-26-19(14)28-24-3-4-25-28/h3-5,8-9,11-12,18H,6-7,10H2,1-2H3/t11-,12+,18-/m1/s1. The highest BCUT2D eigenvalue weighted by atomic mass is 19.1. The van der Waals surface area contributed by atoms with Crippen LogP contribution in [0, 0.1) is 11.2 Å². The number of nitrogens with zero attached hydrogens (tertiary/aromatic N) is 7. The van der Waals surface area contributed by atoms with Crippen molar-refractivity contribution in [1.82, 2.24) is 20.2 Å². The number of benzene rings is 1. The van der Waals surface area contributed by atoms with Crippen LogP contribution < -0.4 is 4.90 Å². The quantitative estimate of drug-likeness (QED) is 0.612. The minimum Gasteiger partial charge on any atom is -0.372 e. The molecule has 1 saturated heterocycles. The van der Waals surface area contributed by atoms with Crippen molar-refractivity contribution < 1.29 is 13.7 Å². The molecule has 0 unspecified atom stereocenters. The topological polar surface area (TPSA) is 93.9 Å². The molecule has 5 heterocycles. The lowest BCUT2D eigenvalue weighted by atomic mass is 9.69. The van der Waals surface area contributed by atoms with Gasteiger partial charge in [-0.2, -0.15) is 10.2 Å². The van der Waals surface area contributed by atoms with Gasteiger partial charge in [-0.3, -0.25) is 9.98 Å². The van der Waals surface area contributed by atoms with E-state index in [2.05, 4.69) is 30.2 Å². The smallest absolute Gasteiger partial charge is 0.224 e. The molecule has 6 rings (SSSR count). The number of ether oxygens (including phenoxy) is 1. The molecule has 2 aromatic heterocycles. The number of morpholine rings is 1. The molecule has 3 atom stereocenters. The number of hydrogen-bond acceptors (Lipinski definition) is 8. The van der Waals surface area contributed by atoms with Crippen molar-refractivity contribution in [2.45, 2.75) is 38.5 Å². The molecule has 0 saturated carbocycles. The largest absolute Gasteiger partial charge is 0.372 e. The maximum atomic E-state index is 15.9. The summed E-state index contributed by atoms with van der Waals surface area (Å²) >= 11 is 0. The first-order valence-electron chi connectivity index (χ1n) is 9.99. The Morgan fingerprint density at radius 3 is 2.70 bits per heavy atom. The molecule has 10 heteroatoms. The lowest BCUT2D eigenvalue weighted by molar-refractivity contribution is -0.0432. The second kappa shape index (κ2) is 6.18. The number of anilines is 1. The SMILES string of the molecule is C[C@@H]1CN2c3c(cc4c(-n5nccn5)noc4c3F)CC3(C=NCN=C3)[C@H]2[C@H](C)O1. The maximum absolute atomic E-state index is 15.9. The first-order chi connectivity index (χ1) is 14.6. The third-order valence-corrected chi connectivity index (χ3v) is 6.19. The lowest BCUT2D eigenvalue weighted by Gasteiger charge is -2.54. The third-order valence-electron chi connectivity index (χ3n) is 6.19. The molecule has 3 aliphatic heterocycles. The summed E-state index contributed by atoms with van der Waals surface area (Å²) in [6.45, 7) is 5.02. The Kier molecular flexibility index (Phi) is 3.64. The number of hydrogen-bond donors (Lipinski definition) is 0. The minimum absolute atomic E-state index is 0.0367. The third kappa shape index (κ3) is 2.33. The molecule has 1 spiro atoms. The summed E-state index contributed by atoms with van der Waals surface area (Å²) in [4.78, 5) is 12.3. The normalized spacial score (nSPS) is 26.9. The zero-order valence-electron chi connectivity index (χ0n) is 16.6. The summed E-state index contributed by atoms with van der Waals surface area (Å²) in [6, 6.07) is 1.82. The summed E-state index contributed by atoms with van der Waals surface area (Å²) in [5.41, 5.74) is 1.04. The van der Waals surface area contributed by atoms with Crippen LogP contribution in [0.2, 0.25) is 0 Å². The molecule has 0 aliphatic carbocycles. The molecule has 9 nitrogen and oxygen atoms in total. The highest BCUT2D eigenvalue weighted by Gasteiger charge is 2.52. The van der Waals surface area contributed by atoms with Crippen molar-refractivity contribution >= 4 is 29.1 Å². The molecule has 0 N–H and O–H groups in total. The molecule has 0 radical (unpaired) electrons. The fourth-order valence-electron chi connectivity index (χ4n) is 5.25. The number of fused-ring (bicyclic) bond motifs is 5. The van der Waals surface area contributed by atoms with Gasteiger partial charge in [0.25, 0.3) is 0 Å². The van der Waals surface area contributed by atoms with E-state index in [4.69, 9.17) is 9.26 Å². The van der Waals surface area contributed by atoms with E-state index >= 15 is 4.39 Å². The molecular weight excluding hydrogens is 389 g/mol. The van der Waals surface area contributed by atoms with Gasteiger partial charge in [-0.1, -0.05) is 5.16 Å². The van der Waals surface area contributed by atoms with Crippen LogP contribution in [0.3, 0.4) is 0 Å². The molecule has 0 bridgehead atoms. The molecule has 1 fully saturated rings. The summed E-state index contributed by atoms with van der Waals surface area (Å²) in [5.74, 6) is -0.0539. The summed E-state index contributed by atoms with van der Waals surface area (Å²) in [7, 11) is 0. The zero-order valence-corrected chi connectivity index (χ0v) is 16.6. The predicted octanol–water partition coefficient (Wildman–Crippen LogP) is 2.19. The van der Waals surface area contributed by atoms with Gasteiger partial charge in [-0.25, -0.2) is 4.39 Å². The Hall–Kier alpha value is -3.14. The van der Waals surface area contributed by atoms with Gasteiger partial charge < -0.3 is 14.2 Å². The van der Waals surface area contributed by atoms with Crippen molar-refractivity contribution in [2.24, 2.45) is 15.4 Å². The average molecular weight is 409 g/mol. The van der Waals surface area contributed by atoms with Crippen LogP contribution in [0.5, 0.6) is 0 Å². The molecule has 0 amide bonds. The first kappa shape index (κ1) is 17.7. The van der Waals surface area contributed by atoms with Crippen LogP contribution >= 0.6 is 0 Å². The van der Waals surface area contributed by atoms with Crippen LogP contribution in [0.25, 0.3) is 16.8 Å². The molecule has 3 aromatic rings. The van der Waals surface area contributed by atoms with E-state index < -0.39 is 11.2 Å². The number of rotatable bonds is 1. The zero-order chi connectivity index (χ0) is 20.5. The maximum Gasteiger partial charge on any atom is 0.224 e. The number of halogens is 1. The van der Waals surface area contributed by atoms with E-state index in [9.17, 15) is 0 Å². The average Bonchev–Trinajstić information content (AvgIpc) is 3.37. The van der Waals surface area contributed by atoms with Gasteiger partial charge in [0.05, 0.1) is 47.1 Å². The Balaban J connectivity index is 1.60. The molecule has 30 heavy (non-hydrogen) atoms. The Morgan fingerprint density at radius 1 is 1.17 bits per heavy atom. The predicted molar refractivity (Wildman–Crippen MR) is 108 cm³/mol. The van der Waals surface area contributed by atoms with E-state index in [1.165, 1.54) is 4.80 Å². The van der Waals surface area contributed by atoms with Crippen LogP contribution in [-0.4, -0.2) is 64.0 Å². The van der Waals surface area contributed by atoms with Gasteiger partial charge in [0.2, 0.25) is 11.4 Å². The van der Waals surface area contributed by atoms with Gasteiger partial charge in [-0.15, -0.1) is 4.80 Å². The monoisotopic (exact) mass is 409 g/mol. The summed E-state index contributed by atoms with van der Waals surface area (Å²) < 4.78 is 27.4. The van der Waals surface area contributed by atoms with Gasteiger partial charge in [0.15, 0.2) is 5.82 Å². The van der Waals surface area contributed by atoms with Crippen molar-refractivity contribution in [2.75, 3.05) is 18.1 Å². The number of aromatic nitrogens is 4. The van der Waals surface area contributed by atoms with Gasteiger partial charge in [-0.05, 0) is 31.9 Å². The Labute approximate surface area is 171 Å². The Bertz CT molecular complexity index is 1170. The fraction of sp³-hybridized carbons (Fsp3) is 0.450. The van der Waals surface area contributed by atoms with Crippen LogP contribution in [0.4, 0.5) is 10.1 Å². The molecule has 3 aliphatic rings. The molecule has 154 valence electrons. The number of aliphatic imine (C=N–C) groups is 2. The van der Waals surface area contributed by atoms with Crippen molar-refractivity contribution in [3.05, 3.63) is 29.8 Å². The fourth-order valence-corrected chi connectivity index (χ4v) is 5.25. The van der Waals surface area contributed by atoms with Gasteiger partial charge >= 0.3 is 0 Å². The Morgan fingerprint density at radius 2 is 1.93 bits per heavy atom. The van der Waals surface area contributed by atoms with Gasteiger partial charge in [0, 0.05) is 19.0 Å². The minimum atomic E-state index is -0.466. The van der Waals surface area contributed by atoms with Crippen molar-refractivity contribution in [3.8, 4) is 5.82 Å². The van der Waals surface area contributed by atoms with Crippen LogP contribution in [-0.2, 0) is 11.2 Å². The second-order valence-electron chi connectivity index (χ2n) is 8.20. The van der Waals surface area contributed by atoms with E-state index in [1.54, 1.807) is 12.4 Å². The van der Waals surface area contributed by atoms with Gasteiger partial charge in [0.1, 0.15) is 6.67 Å². The molecule has 1 aromatic carbocycles. The highest BCUT2D eigenvalue weighted by molar-refractivity contribution is 5.96. The lowest BCUT2D eigenvalue weighted by Crippen LogP contribution is -2.65. The summed E-state index contributed by atoms with van der Waals surface area (Å²) in [6.07, 6.45) is 7.41. The van der Waals surface area contributed by atoms with Crippen molar-refractivity contribution in [3.63, 3.8) is 0 Å². The second-order valence-corrected chi connectivity index (χ2v) is 8.20. The van der Waals surface area contributed by atoms with E-state index in [0.29, 0.717) is 36.5 Å². The van der Waals surface area contributed by atoms with Crippen LogP contribution in [0.15, 0.2) is 33.0 Å². The van der Waals surface area contributed by atoms with Crippen molar-refractivity contribution in [1.29, 1.82) is 0 Å². The highest BCUT2D eigenvalue weighted by Crippen LogP contribution is 2.47. The summed E-state index contributed by atoms with van der Waals surface area (Å²) in [5, 5.41) is 12.8. The molecular formula is C20H20FN7O2.